The molecule has 0 aromatic heterocycles. The predicted octanol–water partition coefficient (Wildman–Crippen LogP) is 3.87. The molecule has 0 saturated heterocycles. The molecular weight excluding hydrogens is 170 g/mol. The van der Waals surface area contributed by atoms with Gasteiger partial charge in [-0.3, -0.25) is 0 Å². The van der Waals surface area contributed by atoms with Crippen molar-refractivity contribution in [2.24, 2.45) is 0 Å². The first-order chi connectivity index (χ1) is 5.91. The summed E-state index contributed by atoms with van der Waals surface area (Å²) in [5.74, 6) is 0.800. The van der Waals surface area contributed by atoms with Crippen molar-refractivity contribution in [1.29, 1.82) is 5.26 Å². The van der Waals surface area contributed by atoms with Crippen molar-refractivity contribution >= 4 is 11.6 Å². The van der Waals surface area contributed by atoms with Crippen molar-refractivity contribution in [3.63, 3.8) is 0 Å². The molecule has 0 N–H and O–H groups in total. The molecule has 0 aromatic rings. The van der Waals surface area contributed by atoms with Crippen LogP contribution < -0.4 is 0 Å². The molecule has 0 atom stereocenters. The minimum atomic E-state index is 0.724. The molecule has 12 heavy (non-hydrogen) atoms. The lowest BCUT2D eigenvalue weighted by Crippen LogP contribution is -1.80. The maximum atomic E-state index is 8.27. The molecule has 0 radical (unpaired) electrons. The van der Waals surface area contributed by atoms with Crippen molar-refractivity contribution in [2.75, 3.05) is 5.88 Å². The fourth-order valence-electron chi connectivity index (χ4n) is 1.18. The van der Waals surface area contributed by atoms with Crippen molar-refractivity contribution < 1.29 is 0 Å². The van der Waals surface area contributed by atoms with Gasteiger partial charge in [-0.25, -0.2) is 0 Å². The van der Waals surface area contributed by atoms with Gasteiger partial charge in [0.2, 0.25) is 0 Å². The van der Waals surface area contributed by atoms with E-state index < -0.39 is 0 Å². The summed E-state index contributed by atoms with van der Waals surface area (Å²) in [4.78, 5) is 0. The molecule has 0 aliphatic heterocycles. The summed E-state index contributed by atoms with van der Waals surface area (Å²) in [5, 5.41) is 8.27. The fourth-order valence-corrected chi connectivity index (χ4v) is 1.37. The summed E-state index contributed by atoms with van der Waals surface area (Å²) in [6.45, 7) is 0. The van der Waals surface area contributed by atoms with E-state index in [1.54, 1.807) is 0 Å². The molecule has 0 amide bonds. The first-order valence-electron chi connectivity index (χ1n) is 4.84. The zero-order valence-corrected chi connectivity index (χ0v) is 8.45. The van der Waals surface area contributed by atoms with E-state index in [9.17, 15) is 0 Å². The molecule has 0 bridgehead atoms. The van der Waals surface area contributed by atoms with Crippen LogP contribution >= 0.6 is 11.6 Å². The second-order valence-electron chi connectivity index (χ2n) is 3.07. The van der Waals surface area contributed by atoms with Gasteiger partial charge in [-0.05, 0) is 12.8 Å². The maximum absolute atomic E-state index is 8.27. The Bertz CT molecular complexity index is 117. The van der Waals surface area contributed by atoms with Gasteiger partial charge in [-0.15, -0.1) is 11.6 Å². The monoisotopic (exact) mass is 187 g/mol. The van der Waals surface area contributed by atoms with E-state index in [1.807, 2.05) is 0 Å². The van der Waals surface area contributed by atoms with E-state index in [-0.39, 0.29) is 0 Å². The van der Waals surface area contributed by atoms with Gasteiger partial charge in [-0.2, -0.15) is 5.26 Å². The Hall–Kier alpha value is -0.220. The number of nitriles is 1. The van der Waals surface area contributed by atoms with Gasteiger partial charge in [-0.1, -0.05) is 32.1 Å². The summed E-state index contributed by atoms with van der Waals surface area (Å²) in [6, 6.07) is 2.16. The van der Waals surface area contributed by atoms with Crippen LogP contribution in [0.3, 0.4) is 0 Å². The highest BCUT2D eigenvalue weighted by Gasteiger charge is 1.90. The topological polar surface area (TPSA) is 23.8 Å². The number of halogens is 1. The van der Waals surface area contributed by atoms with Crippen molar-refractivity contribution in [3.8, 4) is 6.07 Å². The average Bonchev–Trinajstić information content (AvgIpc) is 2.10. The normalized spacial score (nSPS) is 9.67. The maximum Gasteiger partial charge on any atom is 0.0621 e. The number of nitrogens with zero attached hydrogens (tertiary/aromatic N) is 1. The van der Waals surface area contributed by atoms with Gasteiger partial charge in [0.05, 0.1) is 6.07 Å². The molecule has 0 aliphatic rings. The van der Waals surface area contributed by atoms with Gasteiger partial charge in [0.25, 0.3) is 0 Å². The van der Waals surface area contributed by atoms with Crippen LogP contribution in [0.25, 0.3) is 0 Å². The Morgan fingerprint density at radius 1 is 0.833 bits per heavy atom. The molecule has 0 saturated carbocycles. The molecule has 0 unspecified atom stereocenters. The Balaban J connectivity index is 2.78. The molecule has 0 aliphatic carbocycles. The van der Waals surface area contributed by atoms with Crippen LogP contribution in [-0.4, -0.2) is 5.88 Å². The van der Waals surface area contributed by atoms with Crippen LogP contribution in [0.4, 0.5) is 0 Å². The molecule has 0 spiro atoms. The van der Waals surface area contributed by atoms with Crippen molar-refractivity contribution in [3.05, 3.63) is 0 Å². The number of hydrogen-bond acceptors (Lipinski definition) is 1. The fraction of sp³-hybridized carbons (Fsp3) is 0.900. The number of hydrogen-bond donors (Lipinski definition) is 0. The standard InChI is InChI=1S/C10H18ClN/c11-9-7-5-3-1-2-4-6-8-10-12/h1-9H2. The third kappa shape index (κ3) is 9.78. The smallest absolute Gasteiger partial charge is 0.0621 e. The first kappa shape index (κ1) is 11.8. The Morgan fingerprint density at radius 2 is 1.33 bits per heavy atom. The molecule has 2 heteroatoms. The molecule has 0 rings (SSSR count). The van der Waals surface area contributed by atoms with E-state index in [4.69, 9.17) is 16.9 Å². The van der Waals surface area contributed by atoms with Gasteiger partial charge in [0, 0.05) is 12.3 Å². The third-order valence-electron chi connectivity index (χ3n) is 1.92. The van der Waals surface area contributed by atoms with Crippen LogP contribution in [-0.2, 0) is 0 Å². The third-order valence-corrected chi connectivity index (χ3v) is 2.19. The Morgan fingerprint density at radius 3 is 1.83 bits per heavy atom. The summed E-state index contributed by atoms with van der Waals surface area (Å²) < 4.78 is 0. The van der Waals surface area contributed by atoms with Crippen LogP contribution in [0.15, 0.2) is 0 Å². The van der Waals surface area contributed by atoms with Gasteiger partial charge in [0.1, 0.15) is 0 Å². The molecule has 0 fully saturated rings. The van der Waals surface area contributed by atoms with Crippen LogP contribution in [0.5, 0.6) is 0 Å². The van der Waals surface area contributed by atoms with Crippen LogP contribution in [0, 0.1) is 11.3 Å². The molecule has 0 aromatic carbocycles. The van der Waals surface area contributed by atoms with Gasteiger partial charge in [0.15, 0.2) is 0 Å². The Labute approximate surface area is 80.7 Å². The number of rotatable bonds is 8. The second-order valence-corrected chi connectivity index (χ2v) is 3.45. The van der Waals surface area contributed by atoms with Gasteiger partial charge < -0.3 is 0 Å². The van der Waals surface area contributed by atoms with Gasteiger partial charge >= 0.3 is 0 Å². The second kappa shape index (κ2) is 10.8. The van der Waals surface area contributed by atoms with Crippen LogP contribution in [0.1, 0.15) is 51.4 Å². The highest BCUT2D eigenvalue weighted by molar-refractivity contribution is 6.17. The molecular formula is C10H18ClN. The minimum Gasteiger partial charge on any atom is -0.198 e. The molecule has 1 nitrogen and oxygen atoms in total. The first-order valence-corrected chi connectivity index (χ1v) is 5.38. The average molecular weight is 188 g/mol. The summed E-state index contributed by atoms with van der Waals surface area (Å²) in [5.41, 5.74) is 0. The highest BCUT2D eigenvalue weighted by Crippen LogP contribution is 2.08. The quantitative estimate of drug-likeness (QED) is 0.418. The van der Waals surface area contributed by atoms with E-state index in [2.05, 4.69) is 6.07 Å². The number of unbranched alkanes of at least 4 members (excludes halogenated alkanes) is 7. The zero-order chi connectivity index (χ0) is 9.07. The van der Waals surface area contributed by atoms with E-state index >= 15 is 0 Å². The minimum absolute atomic E-state index is 0.724. The largest absolute Gasteiger partial charge is 0.198 e. The summed E-state index contributed by atoms with van der Waals surface area (Å²) in [7, 11) is 0. The van der Waals surface area contributed by atoms with E-state index in [1.165, 1.54) is 32.1 Å². The van der Waals surface area contributed by atoms with Crippen LogP contribution in [0.2, 0.25) is 0 Å². The molecule has 70 valence electrons. The lowest BCUT2D eigenvalue weighted by Gasteiger charge is -1.98. The van der Waals surface area contributed by atoms with Crippen molar-refractivity contribution in [1.82, 2.24) is 0 Å². The molecule has 0 heterocycles. The van der Waals surface area contributed by atoms with E-state index in [0.717, 1.165) is 25.1 Å². The van der Waals surface area contributed by atoms with Crippen molar-refractivity contribution in [2.45, 2.75) is 51.4 Å². The lowest BCUT2D eigenvalue weighted by molar-refractivity contribution is 0.594. The summed E-state index contributed by atoms with van der Waals surface area (Å²) >= 11 is 5.55. The summed E-state index contributed by atoms with van der Waals surface area (Å²) in [6.07, 6.45) is 9.33. The SMILES string of the molecule is N#CCCCCCCCCCCl. The van der Waals surface area contributed by atoms with E-state index in [0.29, 0.717) is 0 Å². The highest BCUT2D eigenvalue weighted by atomic mass is 35.5. The lowest BCUT2D eigenvalue weighted by atomic mass is 10.1. The Kier molecular flexibility index (Phi) is 10.6. The predicted molar refractivity (Wildman–Crippen MR) is 53.3 cm³/mol. The number of alkyl halides is 1. The zero-order valence-electron chi connectivity index (χ0n) is 7.69.